The first-order chi connectivity index (χ1) is 14.9. The van der Waals surface area contributed by atoms with Crippen LogP contribution in [0.4, 0.5) is 5.69 Å². The SMILES string of the molecule is CCc1ccc(/C(O)=C2/C(=O)C(=O)N(CCCOC)C2c2ccc(N(C)C)cc2)cc1. The smallest absolute Gasteiger partial charge is 0.295 e. The zero-order chi connectivity index (χ0) is 22.5. The summed E-state index contributed by atoms with van der Waals surface area (Å²) in [6.45, 7) is 2.90. The molecule has 1 aliphatic heterocycles. The van der Waals surface area contributed by atoms with E-state index in [0.29, 0.717) is 25.1 Å². The summed E-state index contributed by atoms with van der Waals surface area (Å²) in [6, 6.07) is 14.5. The largest absolute Gasteiger partial charge is 0.507 e. The highest BCUT2D eigenvalue weighted by Crippen LogP contribution is 2.39. The number of aliphatic hydroxyl groups excluding tert-OH is 1. The van der Waals surface area contributed by atoms with E-state index in [9.17, 15) is 14.7 Å². The summed E-state index contributed by atoms with van der Waals surface area (Å²) >= 11 is 0. The van der Waals surface area contributed by atoms with Crippen LogP contribution in [0.1, 0.15) is 36.1 Å². The summed E-state index contributed by atoms with van der Waals surface area (Å²) in [7, 11) is 5.50. The number of ether oxygens (including phenoxy) is 1. The molecule has 1 N–H and O–H groups in total. The number of Topliss-reactive ketones (excluding diaryl/α,β-unsaturated/α-hetero) is 1. The lowest BCUT2D eigenvalue weighted by Gasteiger charge is -2.26. The Morgan fingerprint density at radius 3 is 2.26 bits per heavy atom. The second-order valence-electron chi connectivity index (χ2n) is 7.88. The van der Waals surface area contributed by atoms with Crippen molar-refractivity contribution in [2.45, 2.75) is 25.8 Å². The Hall–Kier alpha value is -3.12. The highest BCUT2D eigenvalue weighted by Gasteiger charge is 2.45. The van der Waals surface area contributed by atoms with Crippen molar-refractivity contribution in [1.29, 1.82) is 0 Å². The molecule has 2 aromatic rings. The van der Waals surface area contributed by atoms with Crippen LogP contribution in [0.25, 0.3) is 5.76 Å². The van der Waals surface area contributed by atoms with Gasteiger partial charge < -0.3 is 19.6 Å². The molecule has 6 nitrogen and oxygen atoms in total. The topological polar surface area (TPSA) is 70.1 Å². The van der Waals surface area contributed by atoms with Crippen molar-refractivity contribution >= 4 is 23.1 Å². The molecule has 1 saturated heterocycles. The van der Waals surface area contributed by atoms with Gasteiger partial charge in [-0.3, -0.25) is 9.59 Å². The fraction of sp³-hybridized carbons (Fsp3) is 0.360. The molecule has 2 aromatic carbocycles. The second kappa shape index (κ2) is 9.79. The van der Waals surface area contributed by atoms with E-state index in [4.69, 9.17) is 4.74 Å². The molecule has 6 heteroatoms. The van der Waals surface area contributed by atoms with Crippen molar-refractivity contribution < 1.29 is 19.4 Å². The van der Waals surface area contributed by atoms with Gasteiger partial charge in [-0.25, -0.2) is 0 Å². The molecule has 0 aromatic heterocycles. The number of nitrogens with zero attached hydrogens (tertiary/aromatic N) is 2. The molecule has 0 bridgehead atoms. The van der Waals surface area contributed by atoms with Gasteiger partial charge in [0.1, 0.15) is 5.76 Å². The van der Waals surface area contributed by atoms with Gasteiger partial charge in [0.15, 0.2) is 0 Å². The maximum atomic E-state index is 13.0. The second-order valence-corrected chi connectivity index (χ2v) is 7.88. The zero-order valence-corrected chi connectivity index (χ0v) is 18.6. The summed E-state index contributed by atoms with van der Waals surface area (Å²) in [5.74, 6) is -1.39. The number of methoxy groups -OCH3 is 1. The van der Waals surface area contributed by atoms with Crippen molar-refractivity contribution in [3.8, 4) is 0 Å². The Balaban J connectivity index is 2.09. The number of carbonyl (C=O) groups excluding carboxylic acids is 2. The Kier molecular flexibility index (Phi) is 7.13. The van der Waals surface area contributed by atoms with Crippen molar-refractivity contribution in [1.82, 2.24) is 4.90 Å². The van der Waals surface area contributed by atoms with E-state index in [2.05, 4.69) is 6.92 Å². The average Bonchev–Trinajstić information content (AvgIpc) is 3.04. The maximum Gasteiger partial charge on any atom is 0.295 e. The molecule has 0 aliphatic carbocycles. The molecule has 1 unspecified atom stereocenters. The highest BCUT2D eigenvalue weighted by atomic mass is 16.5. The van der Waals surface area contributed by atoms with Crippen molar-refractivity contribution in [2.24, 2.45) is 0 Å². The molecule has 1 aliphatic rings. The van der Waals surface area contributed by atoms with E-state index in [-0.39, 0.29) is 11.3 Å². The van der Waals surface area contributed by atoms with Gasteiger partial charge in [0.25, 0.3) is 11.7 Å². The molecule has 3 rings (SSSR count). The lowest BCUT2D eigenvalue weighted by Crippen LogP contribution is -2.31. The minimum absolute atomic E-state index is 0.129. The number of hydrogen-bond donors (Lipinski definition) is 1. The Morgan fingerprint density at radius 2 is 1.71 bits per heavy atom. The van der Waals surface area contributed by atoms with Crippen LogP contribution in [0, 0.1) is 0 Å². The van der Waals surface area contributed by atoms with Crippen LogP contribution in [0.3, 0.4) is 0 Å². The first-order valence-corrected chi connectivity index (χ1v) is 10.5. The van der Waals surface area contributed by atoms with Crippen LogP contribution in [0.2, 0.25) is 0 Å². The standard InChI is InChI=1S/C25H30N2O4/c1-5-17-7-9-19(10-8-17)23(28)21-22(18-11-13-20(14-12-18)26(2)3)27(15-6-16-31-4)25(30)24(21)29/h7-14,22,28H,5-6,15-16H2,1-4H3/b23-21-. The van der Waals surface area contributed by atoms with Crippen LogP contribution >= 0.6 is 0 Å². The first-order valence-electron chi connectivity index (χ1n) is 10.5. The predicted molar refractivity (Wildman–Crippen MR) is 122 cm³/mol. The molecule has 1 heterocycles. The van der Waals surface area contributed by atoms with Gasteiger partial charge in [0.05, 0.1) is 11.6 Å². The zero-order valence-electron chi connectivity index (χ0n) is 18.6. The third-order valence-electron chi connectivity index (χ3n) is 5.65. The number of rotatable bonds is 8. The minimum Gasteiger partial charge on any atom is -0.507 e. The van der Waals surface area contributed by atoms with E-state index < -0.39 is 17.7 Å². The fourth-order valence-corrected chi connectivity index (χ4v) is 3.85. The summed E-state index contributed by atoms with van der Waals surface area (Å²) in [5.41, 5.74) is 3.59. The monoisotopic (exact) mass is 422 g/mol. The van der Waals surface area contributed by atoms with Gasteiger partial charge in [0, 0.05) is 45.6 Å². The lowest BCUT2D eigenvalue weighted by atomic mass is 9.94. The van der Waals surface area contributed by atoms with Gasteiger partial charge in [0.2, 0.25) is 0 Å². The fourth-order valence-electron chi connectivity index (χ4n) is 3.85. The Bertz CT molecular complexity index is 962. The van der Waals surface area contributed by atoms with Gasteiger partial charge in [-0.05, 0) is 36.1 Å². The average molecular weight is 423 g/mol. The Labute approximate surface area is 183 Å². The number of hydrogen-bond acceptors (Lipinski definition) is 5. The highest BCUT2D eigenvalue weighted by molar-refractivity contribution is 6.46. The first kappa shape index (κ1) is 22.6. The van der Waals surface area contributed by atoms with Gasteiger partial charge >= 0.3 is 0 Å². The summed E-state index contributed by atoms with van der Waals surface area (Å²) in [6.07, 6.45) is 1.48. The van der Waals surface area contributed by atoms with E-state index >= 15 is 0 Å². The third-order valence-corrected chi connectivity index (χ3v) is 5.65. The quantitative estimate of drug-likeness (QED) is 0.303. The molecule has 1 atom stereocenters. The van der Waals surface area contributed by atoms with E-state index in [1.165, 1.54) is 4.90 Å². The molecule has 1 fully saturated rings. The van der Waals surface area contributed by atoms with Crippen molar-refractivity contribution in [2.75, 3.05) is 39.3 Å². The lowest BCUT2D eigenvalue weighted by molar-refractivity contribution is -0.140. The molecule has 1 amide bonds. The number of likely N-dealkylation sites (tertiary alicyclic amines) is 1. The normalized spacial score (nSPS) is 17.9. The van der Waals surface area contributed by atoms with Crippen LogP contribution in [-0.2, 0) is 20.7 Å². The van der Waals surface area contributed by atoms with Gasteiger partial charge in [-0.15, -0.1) is 0 Å². The number of ketones is 1. The summed E-state index contributed by atoms with van der Waals surface area (Å²) < 4.78 is 5.12. The molecular weight excluding hydrogens is 392 g/mol. The number of carbonyl (C=O) groups is 2. The summed E-state index contributed by atoms with van der Waals surface area (Å²) in [4.78, 5) is 29.4. The van der Waals surface area contributed by atoms with Crippen LogP contribution in [0.15, 0.2) is 54.1 Å². The number of benzene rings is 2. The van der Waals surface area contributed by atoms with E-state index in [0.717, 1.165) is 23.2 Å². The van der Waals surface area contributed by atoms with E-state index in [1.807, 2.05) is 55.4 Å². The molecule has 31 heavy (non-hydrogen) atoms. The van der Waals surface area contributed by atoms with Gasteiger partial charge in [-0.1, -0.05) is 43.3 Å². The van der Waals surface area contributed by atoms with Crippen LogP contribution in [-0.4, -0.2) is 56.1 Å². The molecule has 0 spiro atoms. The van der Waals surface area contributed by atoms with Crippen LogP contribution in [0.5, 0.6) is 0 Å². The maximum absolute atomic E-state index is 13.0. The van der Waals surface area contributed by atoms with Gasteiger partial charge in [-0.2, -0.15) is 0 Å². The van der Waals surface area contributed by atoms with Crippen molar-refractivity contribution in [3.63, 3.8) is 0 Å². The molecule has 164 valence electrons. The third kappa shape index (κ3) is 4.64. The molecular formula is C25H30N2O4. The van der Waals surface area contributed by atoms with Crippen molar-refractivity contribution in [3.05, 3.63) is 70.8 Å². The number of aryl methyl sites for hydroxylation is 1. The molecule has 0 radical (unpaired) electrons. The van der Waals surface area contributed by atoms with E-state index in [1.54, 1.807) is 19.2 Å². The predicted octanol–water partition coefficient (Wildman–Crippen LogP) is 3.77. The molecule has 0 saturated carbocycles. The minimum atomic E-state index is -0.656. The number of amides is 1. The number of aliphatic hydroxyl groups is 1. The number of anilines is 1. The van der Waals surface area contributed by atoms with Crippen LogP contribution < -0.4 is 4.90 Å². The summed E-state index contributed by atoms with van der Waals surface area (Å²) in [5, 5.41) is 11.1. The Morgan fingerprint density at radius 1 is 1.06 bits per heavy atom.